The number of benzene rings is 1. The fraction of sp³-hybridized carbons (Fsp3) is 0. The molecule has 14 heavy (non-hydrogen) atoms. The Morgan fingerprint density at radius 2 is 2.29 bits per heavy atom. The van der Waals surface area contributed by atoms with Crippen molar-refractivity contribution in [1.29, 1.82) is 0 Å². The van der Waals surface area contributed by atoms with Gasteiger partial charge in [-0.25, -0.2) is 9.78 Å². The molecule has 2 rings (SSSR count). The molecule has 2 amide bonds. The van der Waals surface area contributed by atoms with Crippen molar-refractivity contribution >= 4 is 38.4 Å². The average Bonchev–Trinajstić information content (AvgIpc) is 2.44. The number of urea groups is 1. The Labute approximate surface area is 83.7 Å². The number of hydrogen-bond donors (Lipinski definition) is 3. The number of rotatable bonds is 1. The molecule has 0 radical (unpaired) electrons. The van der Waals surface area contributed by atoms with Gasteiger partial charge in [-0.2, -0.15) is 0 Å². The zero-order chi connectivity index (χ0) is 10.1. The number of nitrogens with zero attached hydrogens (tertiary/aromatic N) is 1. The van der Waals surface area contributed by atoms with Gasteiger partial charge in [-0.15, -0.1) is 0 Å². The lowest BCUT2D eigenvalue weighted by atomic mass is 10.3. The molecule has 0 fully saturated rings. The van der Waals surface area contributed by atoms with Gasteiger partial charge in [-0.3, -0.25) is 5.32 Å². The quantitative estimate of drug-likeness (QED) is 0.618. The Bertz CT molecular complexity index is 493. The molecule has 6 heteroatoms. The maximum Gasteiger partial charge on any atom is 0.318 e. The second-order valence-corrected chi connectivity index (χ2v) is 3.77. The summed E-state index contributed by atoms with van der Waals surface area (Å²) in [4.78, 5) is 14.7. The fourth-order valence-electron chi connectivity index (χ4n) is 1.10. The molecule has 0 aliphatic carbocycles. The van der Waals surface area contributed by atoms with E-state index in [1.54, 1.807) is 12.1 Å². The van der Waals surface area contributed by atoms with E-state index < -0.39 is 6.03 Å². The number of anilines is 2. The molecule has 0 aliphatic rings. The molecule has 1 aromatic heterocycles. The zero-order valence-electron chi connectivity index (χ0n) is 7.15. The number of nitrogens with two attached hydrogens (primary N) is 2. The smallest absolute Gasteiger partial charge is 0.318 e. The van der Waals surface area contributed by atoms with Crippen LogP contribution >= 0.6 is 11.3 Å². The first-order valence-corrected chi connectivity index (χ1v) is 4.69. The molecule has 0 aliphatic heterocycles. The summed E-state index contributed by atoms with van der Waals surface area (Å²) < 4.78 is 0.961. The largest absolute Gasteiger partial charge is 0.399 e. The van der Waals surface area contributed by atoms with Crippen LogP contribution in [-0.4, -0.2) is 11.0 Å². The highest BCUT2D eigenvalue weighted by Gasteiger charge is 2.04. The van der Waals surface area contributed by atoms with Gasteiger partial charge < -0.3 is 11.5 Å². The Balaban J connectivity index is 2.46. The number of primary amides is 1. The minimum atomic E-state index is -0.614. The van der Waals surface area contributed by atoms with Gasteiger partial charge >= 0.3 is 6.03 Å². The van der Waals surface area contributed by atoms with Gasteiger partial charge in [0.15, 0.2) is 5.13 Å². The second-order valence-electron chi connectivity index (χ2n) is 2.74. The van der Waals surface area contributed by atoms with Crippen LogP contribution in [0.1, 0.15) is 0 Å². The highest BCUT2D eigenvalue weighted by molar-refractivity contribution is 7.22. The SMILES string of the molecule is NC(=O)Nc1nc2cc(N)ccc2s1. The van der Waals surface area contributed by atoms with E-state index in [9.17, 15) is 4.79 Å². The first kappa shape index (κ1) is 8.76. The van der Waals surface area contributed by atoms with Gasteiger partial charge in [0, 0.05) is 5.69 Å². The van der Waals surface area contributed by atoms with E-state index in [-0.39, 0.29) is 0 Å². The maximum atomic E-state index is 10.6. The maximum absolute atomic E-state index is 10.6. The third kappa shape index (κ3) is 1.60. The Morgan fingerprint density at radius 3 is 3.00 bits per heavy atom. The van der Waals surface area contributed by atoms with Crippen molar-refractivity contribution in [2.45, 2.75) is 0 Å². The number of carbonyl (C=O) groups excluding carboxylic acids is 1. The van der Waals surface area contributed by atoms with Crippen molar-refractivity contribution < 1.29 is 4.79 Å². The highest BCUT2D eigenvalue weighted by Crippen LogP contribution is 2.26. The molecule has 0 spiro atoms. The number of aromatic nitrogens is 1. The summed E-state index contributed by atoms with van der Waals surface area (Å²) in [7, 11) is 0. The van der Waals surface area contributed by atoms with Gasteiger partial charge in [-0.05, 0) is 18.2 Å². The summed E-state index contributed by atoms with van der Waals surface area (Å²) in [5.74, 6) is 0. The lowest BCUT2D eigenvalue weighted by Crippen LogP contribution is -2.18. The van der Waals surface area contributed by atoms with Gasteiger partial charge in [0.2, 0.25) is 0 Å². The molecule has 0 unspecified atom stereocenters. The molecule has 0 saturated heterocycles. The molecule has 1 aromatic carbocycles. The van der Waals surface area contributed by atoms with Crippen LogP contribution in [-0.2, 0) is 0 Å². The second kappa shape index (κ2) is 3.15. The lowest BCUT2D eigenvalue weighted by molar-refractivity contribution is 0.259. The predicted octanol–water partition coefficient (Wildman–Crippen LogP) is 1.37. The minimum absolute atomic E-state index is 0.484. The molecule has 2 aromatic rings. The number of thiazole rings is 1. The van der Waals surface area contributed by atoms with Gasteiger partial charge in [0.25, 0.3) is 0 Å². The predicted molar refractivity (Wildman–Crippen MR) is 57.2 cm³/mol. The van der Waals surface area contributed by atoms with Crippen molar-refractivity contribution in [3.8, 4) is 0 Å². The molecule has 5 nitrogen and oxygen atoms in total. The van der Waals surface area contributed by atoms with Crippen molar-refractivity contribution in [3.63, 3.8) is 0 Å². The summed E-state index contributed by atoms with van der Waals surface area (Å²) in [5.41, 5.74) is 12.0. The average molecular weight is 208 g/mol. The van der Waals surface area contributed by atoms with E-state index in [4.69, 9.17) is 11.5 Å². The molecule has 72 valence electrons. The molecular formula is C8H8N4OS. The number of fused-ring (bicyclic) bond motifs is 1. The van der Waals surface area contributed by atoms with Crippen molar-refractivity contribution in [2.24, 2.45) is 5.73 Å². The van der Waals surface area contributed by atoms with E-state index in [1.807, 2.05) is 6.07 Å². The summed E-state index contributed by atoms with van der Waals surface area (Å²) in [6.45, 7) is 0. The monoisotopic (exact) mass is 208 g/mol. The van der Waals surface area contributed by atoms with Gasteiger partial charge in [0.05, 0.1) is 10.2 Å². The molecule has 1 heterocycles. The van der Waals surface area contributed by atoms with Crippen LogP contribution in [0.4, 0.5) is 15.6 Å². The minimum Gasteiger partial charge on any atom is -0.399 e. The van der Waals surface area contributed by atoms with Crippen LogP contribution in [0.5, 0.6) is 0 Å². The summed E-state index contributed by atoms with van der Waals surface area (Å²) in [6, 6.07) is 4.78. The summed E-state index contributed by atoms with van der Waals surface area (Å²) >= 11 is 1.36. The Morgan fingerprint density at radius 1 is 1.50 bits per heavy atom. The van der Waals surface area contributed by atoms with Crippen molar-refractivity contribution in [3.05, 3.63) is 18.2 Å². The lowest BCUT2D eigenvalue weighted by Gasteiger charge is -1.91. The van der Waals surface area contributed by atoms with Gasteiger partial charge in [0.1, 0.15) is 0 Å². The van der Waals surface area contributed by atoms with Crippen LogP contribution in [0.3, 0.4) is 0 Å². The summed E-state index contributed by atoms with van der Waals surface area (Å²) in [6.07, 6.45) is 0. The number of amides is 2. The molecular weight excluding hydrogens is 200 g/mol. The third-order valence-corrected chi connectivity index (χ3v) is 2.59. The number of nitrogen functional groups attached to an aromatic ring is 1. The van der Waals surface area contributed by atoms with E-state index in [0.717, 1.165) is 10.2 Å². The number of hydrogen-bond acceptors (Lipinski definition) is 4. The normalized spacial score (nSPS) is 10.3. The molecule has 5 N–H and O–H groups in total. The number of carbonyl (C=O) groups is 1. The van der Waals surface area contributed by atoms with Crippen LogP contribution < -0.4 is 16.8 Å². The van der Waals surface area contributed by atoms with Crippen LogP contribution in [0.2, 0.25) is 0 Å². The van der Waals surface area contributed by atoms with Crippen LogP contribution in [0.25, 0.3) is 10.2 Å². The zero-order valence-corrected chi connectivity index (χ0v) is 7.97. The highest BCUT2D eigenvalue weighted by atomic mass is 32.1. The van der Waals surface area contributed by atoms with E-state index in [2.05, 4.69) is 10.3 Å². The van der Waals surface area contributed by atoms with Gasteiger partial charge in [-0.1, -0.05) is 11.3 Å². The van der Waals surface area contributed by atoms with Crippen LogP contribution in [0.15, 0.2) is 18.2 Å². The molecule has 0 bridgehead atoms. The standard InChI is InChI=1S/C8H8N4OS/c9-4-1-2-6-5(3-4)11-8(14-6)12-7(10)13/h1-3H,9H2,(H3,10,11,12,13). The third-order valence-electron chi connectivity index (χ3n) is 1.64. The summed E-state index contributed by atoms with van der Waals surface area (Å²) in [5, 5.41) is 2.90. The first-order chi connectivity index (χ1) is 6.65. The Hall–Kier alpha value is -1.82. The topological polar surface area (TPSA) is 94.0 Å². The fourth-order valence-corrected chi connectivity index (χ4v) is 1.95. The molecule has 0 atom stereocenters. The number of nitrogens with one attached hydrogen (secondary N) is 1. The molecule has 0 saturated carbocycles. The Kier molecular flexibility index (Phi) is 1.97. The van der Waals surface area contributed by atoms with E-state index >= 15 is 0 Å². The van der Waals surface area contributed by atoms with E-state index in [0.29, 0.717) is 10.8 Å². The first-order valence-electron chi connectivity index (χ1n) is 3.87. The van der Waals surface area contributed by atoms with Crippen LogP contribution in [0, 0.1) is 0 Å². The van der Waals surface area contributed by atoms with E-state index in [1.165, 1.54) is 11.3 Å². The van der Waals surface area contributed by atoms with Crippen molar-refractivity contribution in [1.82, 2.24) is 4.98 Å². The van der Waals surface area contributed by atoms with Crippen molar-refractivity contribution in [2.75, 3.05) is 11.1 Å².